The number of ketones is 1. The molecular weight excluding hydrogens is 390 g/mol. The van der Waals surface area contributed by atoms with Gasteiger partial charge in [-0.05, 0) is 55.8 Å². The number of esters is 1. The summed E-state index contributed by atoms with van der Waals surface area (Å²) < 4.78 is 30.9. The van der Waals surface area contributed by atoms with E-state index >= 15 is 0 Å². The molecule has 0 saturated carbocycles. The van der Waals surface area contributed by atoms with Gasteiger partial charge in [0.25, 0.3) is 0 Å². The second-order valence-electron chi connectivity index (χ2n) is 6.18. The predicted molar refractivity (Wildman–Crippen MR) is 103 cm³/mol. The van der Waals surface area contributed by atoms with Crippen LogP contribution in [0.15, 0.2) is 47.4 Å². The molecule has 8 heteroatoms. The SMILES string of the molecule is Cc1ccc(S(=O)(=O)N(C)C)cc1C(=O)O[C@@H](C)C(=O)c1ccc(Cl)cc1. The van der Waals surface area contributed by atoms with E-state index in [0.29, 0.717) is 16.1 Å². The average molecular weight is 410 g/mol. The number of halogens is 1. The Kier molecular flexibility index (Phi) is 6.41. The smallest absolute Gasteiger partial charge is 0.339 e. The standard InChI is InChI=1S/C19H20ClNO5S/c1-12-5-10-16(27(24,25)21(3)4)11-17(12)19(23)26-13(2)18(22)14-6-8-15(20)9-7-14/h5-11,13H,1-4H3/t13-/m0/s1. The Hall–Kier alpha value is -2.22. The number of sulfonamides is 1. The van der Waals surface area contributed by atoms with E-state index in [1.54, 1.807) is 31.2 Å². The van der Waals surface area contributed by atoms with E-state index in [2.05, 4.69) is 0 Å². The highest BCUT2D eigenvalue weighted by atomic mass is 35.5. The minimum atomic E-state index is -3.70. The summed E-state index contributed by atoms with van der Waals surface area (Å²) in [4.78, 5) is 24.9. The van der Waals surface area contributed by atoms with Gasteiger partial charge >= 0.3 is 5.97 Å². The van der Waals surface area contributed by atoms with Crippen LogP contribution in [0.4, 0.5) is 0 Å². The molecule has 0 aliphatic rings. The number of rotatable bonds is 6. The zero-order valence-electron chi connectivity index (χ0n) is 15.4. The van der Waals surface area contributed by atoms with Crippen LogP contribution in [-0.2, 0) is 14.8 Å². The average Bonchev–Trinajstić information content (AvgIpc) is 2.61. The fraction of sp³-hybridized carbons (Fsp3) is 0.263. The Morgan fingerprint density at radius 1 is 1.07 bits per heavy atom. The number of ether oxygens (including phenoxy) is 1. The topological polar surface area (TPSA) is 80.8 Å². The van der Waals surface area contributed by atoms with Crippen molar-refractivity contribution in [2.75, 3.05) is 14.1 Å². The van der Waals surface area contributed by atoms with Crippen molar-refractivity contribution in [3.05, 3.63) is 64.2 Å². The summed E-state index contributed by atoms with van der Waals surface area (Å²) in [6, 6.07) is 10.4. The van der Waals surface area contributed by atoms with Crippen LogP contribution >= 0.6 is 11.6 Å². The van der Waals surface area contributed by atoms with Crippen LogP contribution in [0.25, 0.3) is 0 Å². The maximum absolute atomic E-state index is 12.5. The molecule has 0 aliphatic carbocycles. The number of nitrogens with zero attached hydrogens (tertiary/aromatic N) is 1. The van der Waals surface area contributed by atoms with Gasteiger partial charge in [-0.3, -0.25) is 4.79 Å². The molecule has 0 radical (unpaired) electrons. The summed E-state index contributed by atoms with van der Waals surface area (Å²) >= 11 is 5.80. The highest BCUT2D eigenvalue weighted by Gasteiger charge is 2.24. The lowest BCUT2D eigenvalue weighted by molar-refractivity contribution is 0.0318. The quantitative estimate of drug-likeness (QED) is 0.540. The van der Waals surface area contributed by atoms with Crippen molar-refractivity contribution >= 4 is 33.4 Å². The minimum Gasteiger partial charge on any atom is -0.451 e. The van der Waals surface area contributed by atoms with Crippen molar-refractivity contribution in [3.63, 3.8) is 0 Å². The highest BCUT2D eigenvalue weighted by molar-refractivity contribution is 7.89. The van der Waals surface area contributed by atoms with Gasteiger partial charge < -0.3 is 4.74 Å². The van der Waals surface area contributed by atoms with E-state index in [4.69, 9.17) is 16.3 Å². The van der Waals surface area contributed by atoms with Crippen LogP contribution in [0.5, 0.6) is 0 Å². The third-order valence-electron chi connectivity index (χ3n) is 3.99. The van der Waals surface area contributed by atoms with Gasteiger partial charge in [0.05, 0.1) is 10.5 Å². The van der Waals surface area contributed by atoms with Crippen molar-refractivity contribution in [1.82, 2.24) is 4.31 Å². The molecule has 2 aromatic carbocycles. The highest BCUT2D eigenvalue weighted by Crippen LogP contribution is 2.20. The molecule has 0 unspecified atom stereocenters. The number of carbonyl (C=O) groups is 2. The molecule has 2 rings (SSSR count). The number of Topliss-reactive ketones (excluding diaryl/α,β-unsaturated/α-hetero) is 1. The summed E-state index contributed by atoms with van der Waals surface area (Å²) in [5.41, 5.74) is 0.998. The predicted octanol–water partition coefficient (Wildman–Crippen LogP) is 3.33. The van der Waals surface area contributed by atoms with Crippen LogP contribution in [0.2, 0.25) is 5.02 Å². The van der Waals surface area contributed by atoms with Crippen LogP contribution in [0, 0.1) is 6.92 Å². The minimum absolute atomic E-state index is 0.0262. The van der Waals surface area contributed by atoms with Crippen molar-refractivity contribution in [1.29, 1.82) is 0 Å². The molecule has 0 N–H and O–H groups in total. The zero-order valence-corrected chi connectivity index (χ0v) is 17.0. The first kappa shape index (κ1) is 21.1. The van der Waals surface area contributed by atoms with E-state index < -0.39 is 22.1 Å². The number of carbonyl (C=O) groups excluding carboxylic acids is 2. The molecule has 0 heterocycles. The Morgan fingerprint density at radius 3 is 2.22 bits per heavy atom. The van der Waals surface area contributed by atoms with Gasteiger partial charge in [-0.25, -0.2) is 17.5 Å². The molecule has 0 aliphatic heterocycles. The summed E-state index contributed by atoms with van der Waals surface area (Å²) in [7, 11) is -0.890. The first-order valence-electron chi connectivity index (χ1n) is 8.08. The van der Waals surface area contributed by atoms with Crippen molar-refractivity contribution < 1.29 is 22.7 Å². The molecule has 1 atom stereocenters. The lowest BCUT2D eigenvalue weighted by atomic mass is 10.1. The lowest BCUT2D eigenvalue weighted by Gasteiger charge is -2.15. The third-order valence-corrected chi connectivity index (χ3v) is 6.05. The van der Waals surface area contributed by atoms with Gasteiger partial charge in [-0.1, -0.05) is 17.7 Å². The monoisotopic (exact) mass is 409 g/mol. The normalized spacial score (nSPS) is 12.7. The molecular formula is C19H20ClNO5S. The number of hydrogen-bond donors (Lipinski definition) is 0. The van der Waals surface area contributed by atoms with Crippen molar-refractivity contribution in [3.8, 4) is 0 Å². The van der Waals surface area contributed by atoms with Gasteiger partial charge in [-0.2, -0.15) is 0 Å². The van der Waals surface area contributed by atoms with Crippen molar-refractivity contribution in [2.24, 2.45) is 0 Å². The Labute approximate surface area is 163 Å². The van der Waals surface area contributed by atoms with Gasteiger partial charge in [0, 0.05) is 24.7 Å². The fourth-order valence-corrected chi connectivity index (χ4v) is 3.37. The van der Waals surface area contributed by atoms with Crippen LogP contribution in [-0.4, -0.2) is 44.7 Å². The molecule has 0 spiro atoms. The number of hydrogen-bond acceptors (Lipinski definition) is 5. The Morgan fingerprint density at radius 2 is 1.67 bits per heavy atom. The molecule has 0 saturated heterocycles. The van der Waals surface area contributed by atoms with Gasteiger partial charge in [0.1, 0.15) is 0 Å². The molecule has 0 bridgehead atoms. The van der Waals surface area contributed by atoms with E-state index in [0.717, 1.165) is 4.31 Å². The van der Waals surface area contributed by atoms with E-state index in [-0.39, 0.29) is 16.2 Å². The van der Waals surface area contributed by atoms with Crippen LogP contribution < -0.4 is 0 Å². The van der Waals surface area contributed by atoms with E-state index in [1.807, 2.05) is 0 Å². The van der Waals surface area contributed by atoms with E-state index in [1.165, 1.54) is 39.2 Å². The summed E-state index contributed by atoms with van der Waals surface area (Å²) in [5, 5.41) is 0.491. The molecule has 0 aromatic heterocycles. The Balaban J connectivity index is 2.25. The fourth-order valence-electron chi connectivity index (χ4n) is 2.32. The van der Waals surface area contributed by atoms with E-state index in [9.17, 15) is 18.0 Å². The van der Waals surface area contributed by atoms with Gasteiger partial charge in [0.15, 0.2) is 6.10 Å². The molecule has 27 heavy (non-hydrogen) atoms. The molecule has 0 amide bonds. The largest absolute Gasteiger partial charge is 0.451 e. The lowest BCUT2D eigenvalue weighted by Crippen LogP contribution is -2.25. The first-order valence-corrected chi connectivity index (χ1v) is 9.89. The first-order chi connectivity index (χ1) is 12.5. The second-order valence-corrected chi connectivity index (χ2v) is 8.77. The Bertz CT molecular complexity index is 968. The number of benzene rings is 2. The van der Waals surface area contributed by atoms with Gasteiger partial charge in [0.2, 0.25) is 15.8 Å². The summed E-state index contributed by atoms with van der Waals surface area (Å²) in [6.45, 7) is 3.12. The second kappa shape index (κ2) is 8.21. The summed E-state index contributed by atoms with van der Waals surface area (Å²) in [5.74, 6) is -1.15. The molecule has 2 aromatic rings. The van der Waals surface area contributed by atoms with Crippen LogP contribution in [0.1, 0.15) is 33.2 Å². The summed E-state index contributed by atoms with van der Waals surface area (Å²) in [6.07, 6.45) is -1.04. The maximum atomic E-state index is 12.5. The zero-order chi connectivity index (χ0) is 20.4. The van der Waals surface area contributed by atoms with Crippen molar-refractivity contribution in [2.45, 2.75) is 24.8 Å². The van der Waals surface area contributed by atoms with Crippen LogP contribution in [0.3, 0.4) is 0 Å². The molecule has 0 fully saturated rings. The number of aryl methyl sites for hydroxylation is 1. The maximum Gasteiger partial charge on any atom is 0.339 e. The third kappa shape index (κ3) is 4.74. The molecule has 144 valence electrons. The molecule has 6 nitrogen and oxygen atoms in total. The van der Waals surface area contributed by atoms with Gasteiger partial charge in [-0.15, -0.1) is 0 Å².